The van der Waals surface area contributed by atoms with Gasteiger partial charge < -0.3 is 4.90 Å². The van der Waals surface area contributed by atoms with Gasteiger partial charge >= 0.3 is 0 Å². The van der Waals surface area contributed by atoms with E-state index in [4.69, 9.17) is 4.98 Å². The molecule has 0 amide bonds. The molecule has 0 radical (unpaired) electrons. The number of aryl methyl sites for hydroxylation is 2. The third-order valence-corrected chi connectivity index (χ3v) is 8.76. The van der Waals surface area contributed by atoms with Gasteiger partial charge in [0, 0.05) is 39.8 Å². The molecule has 2 heterocycles. The van der Waals surface area contributed by atoms with E-state index in [0.717, 1.165) is 50.7 Å². The molecule has 0 saturated carbocycles. The largest absolute Gasteiger partial charge is 0.311 e. The minimum absolute atomic E-state index is 0.997. The van der Waals surface area contributed by atoms with Crippen LogP contribution >= 0.6 is 23.5 Å². The Morgan fingerprint density at radius 2 is 1.17 bits per heavy atom. The maximum atomic E-state index is 5.10. The Balaban J connectivity index is 1.44. The van der Waals surface area contributed by atoms with Gasteiger partial charge in [0.25, 0.3) is 0 Å². The molecule has 1 aliphatic heterocycles. The van der Waals surface area contributed by atoms with Crippen LogP contribution in [0.3, 0.4) is 0 Å². The van der Waals surface area contributed by atoms with Crippen molar-refractivity contribution in [3.63, 3.8) is 0 Å². The van der Waals surface area contributed by atoms with Crippen LogP contribution in [0.2, 0.25) is 0 Å². The van der Waals surface area contributed by atoms with Crippen LogP contribution in [0, 0.1) is 13.8 Å². The summed E-state index contributed by atoms with van der Waals surface area (Å²) in [7, 11) is 0. The highest BCUT2D eigenvalue weighted by molar-refractivity contribution is 8.05. The van der Waals surface area contributed by atoms with Crippen LogP contribution in [0.4, 0.5) is 17.1 Å². The van der Waals surface area contributed by atoms with Crippen molar-refractivity contribution in [1.29, 1.82) is 0 Å². The SMILES string of the molecule is Cc1ccc(N(c2ccc(C)cc2)c2ccc(-c3nc4c(n3-c3ccccc3)SCCS4)cc2)cc1. The fourth-order valence-corrected chi connectivity index (χ4v) is 6.75. The second kappa shape index (κ2) is 9.92. The Morgan fingerprint density at radius 1 is 0.639 bits per heavy atom. The van der Waals surface area contributed by atoms with E-state index in [0.29, 0.717) is 0 Å². The van der Waals surface area contributed by atoms with E-state index in [9.17, 15) is 0 Å². The molecule has 5 heteroatoms. The number of thioether (sulfide) groups is 2. The molecule has 36 heavy (non-hydrogen) atoms. The van der Waals surface area contributed by atoms with Crippen molar-refractivity contribution in [2.45, 2.75) is 23.9 Å². The molecule has 0 saturated heterocycles. The molecule has 0 spiro atoms. The van der Waals surface area contributed by atoms with Gasteiger partial charge in [-0.1, -0.05) is 53.6 Å². The maximum absolute atomic E-state index is 5.10. The Hall–Kier alpha value is -3.41. The number of imidazole rings is 1. The quantitative estimate of drug-likeness (QED) is 0.238. The zero-order valence-corrected chi connectivity index (χ0v) is 22.0. The van der Waals surface area contributed by atoms with Crippen LogP contribution in [0.5, 0.6) is 0 Å². The minimum atomic E-state index is 0.997. The molecule has 0 unspecified atom stereocenters. The predicted molar refractivity (Wildman–Crippen MR) is 155 cm³/mol. The van der Waals surface area contributed by atoms with E-state index >= 15 is 0 Å². The summed E-state index contributed by atoms with van der Waals surface area (Å²) in [5.74, 6) is 3.21. The average Bonchev–Trinajstić information content (AvgIpc) is 3.32. The van der Waals surface area contributed by atoms with Crippen LogP contribution in [0.15, 0.2) is 113 Å². The topological polar surface area (TPSA) is 21.1 Å². The van der Waals surface area contributed by atoms with Crippen molar-refractivity contribution in [3.8, 4) is 17.1 Å². The van der Waals surface area contributed by atoms with Gasteiger partial charge in [0.15, 0.2) is 0 Å². The van der Waals surface area contributed by atoms with Crippen molar-refractivity contribution >= 4 is 40.6 Å². The van der Waals surface area contributed by atoms with E-state index in [1.54, 1.807) is 0 Å². The van der Waals surface area contributed by atoms with Gasteiger partial charge in [-0.2, -0.15) is 0 Å². The summed E-state index contributed by atoms with van der Waals surface area (Å²) in [6.45, 7) is 4.25. The molecule has 4 aromatic carbocycles. The average molecular weight is 506 g/mol. The van der Waals surface area contributed by atoms with E-state index in [-0.39, 0.29) is 0 Å². The number of benzene rings is 4. The Morgan fingerprint density at radius 3 is 1.75 bits per heavy atom. The number of fused-ring (bicyclic) bond motifs is 1. The molecule has 0 atom stereocenters. The molecule has 5 aromatic rings. The summed E-state index contributed by atoms with van der Waals surface area (Å²) in [5.41, 5.74) is 8.19. The molecule has 3 nitrogen and oxygen atoms in total. The van der Waals surface area contributed by atoms with E-state index in [1.165, 1.54) is 16.2 Å². The first kappa shape index (κ1) is 23.0. The fraction of sp³-hybridized carbons (Fsp3) is 0.129. The summed E-state index contributed by atoms with van der Waals surface area (Å²) in [4.78, 5) is 7.41. The zero-order chi connectivity index (χ0) is 24.5. The smallest absolute Gasteiger partial charge is 0.146 e. The summed E-state index contributed by atoms with van der Waals surface area (Å²) in [6.07, 6.45) is 0. The van der Waals surface area contributed by atoms with Crippen LogP contribution in [-0.2, 0) is 0 Å². The lowest BCUT2D eigenvalue weighted by Crippen LogP contribution is -2.10. The number of hydrogen-bond donors (Lipinski definition) is 0. The number of hydrogen-bond acceptors (Lipinski definition) is 4. The van der Waals surface area contributed by atoms with Crippen LogP contribution in [0.25, 0.3) is 17.1 Å². The van der Waals surface area contributed by atoms with Gasteiger partial charge in [0.2, 0.25) is 0 Å². The molecule has 0 aliphatic carbocycles. The summed E-state index contributed by atoms with van der Waals surface area (Å²) in [5, 5.41) is 2.38. The van der Waals surface area contributed by atoms with Gasteiger partial charge in [0.05, 0.1) is 0 Å². The highest BCUT2D eigenvalue weighted by Gasteiger charge is 2.23. The first-order valence-electron chi connectivity index (χ1n) is 12.1. The standard InChI is InChI=1S/C31H27N3S2/c1-22-8-14-26(15-9-22)33(27-16-10-23(2)11-17-27)28-18-12-24(13-19-28)29-32-30-31(36-21-20-35-30)34(29)25-6-4-3-5-7-25/h3-19H,20-21H2,1-2H3. The van der Waals surface area contributed by atoms with Gasteiger partial charge in [-0.15, -0.1) is 23.5 Å². The zero-order valence-electron chi connectivity index (χ0n) is 20.4. The monoisotopic (exact) mass is 505 g/mol. The molecule has 1 aliphatic rings. The van der Waals surface area contributed by atoms with E-state index in [2.05, 4.69) is 126 Å². The van der Waals surface area contributed by atoms with Crippen molar-refractivity contribution < 1.29 is 0 Å². The third-order valence-electron chi connectivity index (χ3n) is 6.35. The van der Waals surface area contributed by atoms with Crippen LogP contribution in [-0.4, -0.2) is 21.1 Å². The van der Waals surface area contributed by atoms with Crippen LogP contribution in [0.1, 0.15) is 11.1 Å². The first-order valence-corrected chi connectivity index (χ1v) is 14.1. The van der Waals surface area contributed by atoms with Gasteiger partial charge in [0.1, 0.15) is 15.9 Å². The number of para-hydroxylation sites is 1. The summed E-state index contributed by atoms with van der Waals surface area (Å²) >= 11 is 3.76. The Labute approximate surface area is 221 Å². The molecular formula is C31H27N3S2. The molecule has 178 valence electrons. The lowest BCUT2D eigenvalue weighted by Gasteiger charge is -2.26. The first-order chi connectivity index (χ1) is 17.7. The second-order valence-corrected chi connectivity index (χ2v) is 11.1. The van der Waals surface area contributed by atoms with Gasteiger partial charge in [-0.25, -0.2) is 4.98 Å². The summed E-state index contributed by atoms with van der Waals surface area (Å²) < 4.78 is 2.32. The normalized spacial score (nSPS) is 12.8. The molecule has 6 rings (SSSR count). The fourth-order valence-electron chi connectivity index (χ4n) is 4.49. The van der Waals surface area contributed by atoms with Crippen molar-refractivity contribution in [2.75, 3.05) is 16.4 Å². The van der Waals surface area contributed by atoms with Gasteiger partial charge in [-0.05, 0) is 74.5 Å². The van der Waals surface area contributed by atoms with Crippen molar-refractivity contribution in [2.24, 2.45) is 0 Å². The lowest BCUT2D eigenvalue weighted by molar-refractivity contribution is 0.925. The number of anilines is 3. The Kier molecular flexibility index (Phi) is 6.34. The van der Waals surface area contributed by atoms with E-state index in [1.807, 2.05) is 23.5 Å². The lowest BCUT2D eigenvalue weighted by atomic mass is 10.1. The Bertz CT molecular complexity index is 1430. The second-order valence-electron chi connectivity index (χ2n) is 8.97. The maximum Gasteiger partial charge on any atom is 0.146 e. The van der Waals surface area contributed by atoms with Crippen LogP contribution < -0.4 is 4.90 Å². The highest BCUT2D eigenvalue weighted by atomic mass is 32.2. The molecule has 1 aromatic heterocycles. The predicted octanol–water partition coefficient (Wildman–Crippen LogP) is 8.82. The minimum Gasteiger partial charge on any atom is -0.311 e. The number of rotatable bonds is 5. The van der Waals surface area contributed by atoms with Crippen molar-refractivity contribution in [3.05, 3.63) is 114 Å². The number of aromatic nitrogens is 2. The summed E-state index contributed by atoms with van der Waals surface area (Å²) in [6, 6.07) is 36.8. The molecule has 0 fully saturated rings. The van der Waals surface area contributed by atoms with Crippen molar-refractivity contribution in [1.82, 2.24) is 9.55 Å². The van der Waals surface area contributed by atoms with E-state index < -0.39 is 0 Å². The third kappa shape index (κ3) is 4.45. The molecule has 0 bridgehead atoms. The van der Waals surface area contributed by atoms with Gasteiger partial charge in [-0.3, -0.25) is 4.57 Å². The highest BCUT2D eigenvalue weighted by Crippen LogP contribution is 2.42. The molecule has 0 N–H and O–H groups in total. The number of nitrogens with zero attached hydrogens (tertiary/aromatic N) is 3. The molecular weight excluding hydrogens is 478 g/mol.